The molecule has 2 aromatic rings. The van der Waals surface area contributed by atoms with Gasteiger partial charge in [0.15, 0.2) is 5.96 Å². The van der Waals surface area contributed by atoms with Crippen LogP contribution in [0.1, 0.15) is 23.5 Å². The van der Waals surface area contributed by atoms with Gasteiger partial charge in [-0.1, -0.05) is 18.2 Å². The highest BCUT2D eigenvalue weighted by Crippen LogP contribution is 2.18. The summed E-state index contributed by atoms with van der Waals surface area (Å²) in [6.07, 6.45) is 0.352. The van der Waals surface area contributed by atoms with Crippen molar-refractivity contribution in [2.45, 2.75) is 19.4 Å². The van der Waals surface area contributed by atoms with E-state index in [4.69, 9.17) is 4.74 Å². The number of likely N-dealkylation sites (N-methyl/N-ethyl adjacent to an activating group) is 1. The molecule has 0 aliphatic carbocycles. The Labute approximate surface area is 154 Å². The van der Waals surface area contributed by atoms with Crippen molar-refractivity contribution in [1.82, 2.24) is 10.2 Å². The molecule has 0 aliphatic heterocycles. The lowest BCUT2D eigenvalue weighted by molar-refractivity contribution is 0.186. The Hall–Kier alpha value is -2.05. The third kappa shape index (κ3) is 6.07. The first-order valence-electron chi connectivity index (χ1n) is 8.48. The van der Waals surface area contributed by atoms with E-state index in [1.54, 1.807) is 18.4 Å². The highest BCUT2D eigenvalue weighted by Gasteiger charge is 2.10. The average molecular weight is 362 g/mol. The second-order valence-electron chi connectivity index (χ2n) is 5.73. The number of nitrogens with one attached hydrogen (secondary N) is 1. The average Bonchev–Trinajstić information content (AvgIpc) is 3.16. The van der Waals surface area contributed by atoms with E-state index in [1.165, 1.54) is 4.88 Å². The third-order valence-corrected chi connectivity index (χ3v) is 4.82. The summed E-state index contributed by atoms with van der Waals surface area (Å²) < 4.78 is 5.14. The van der Waals surface area contributed by atoms with Gasteiger partial charge < -0.3 is 20.1 Å². The van der Waals surface area contributed by atoms with E-state index in [2.05, 4.69) is 32.7 Å². The molecule has 2 N–H and O–H groups in total. The standard InChI is InChI=1S/C19H27N3O2S/c1-4-20-19(22(2)12-11-17-6-5-13-25-17)21-14-18(23)15-7-9-16(24-3)10-8-15/h5-10,13,18,23H,4,11-12,14H2,1-3H3,(H,20,21). The fraction of sp³-hybridized carbons (Fsp3) is 0.421. The number of aliphatic imine (C=N–C) groups is 1. The molecule has 0 radical (unpaired) electrons. The van der Waals surface area contributed by atoms with Gasteiger partial charge in [0.2, 0.25) is 0 Å². The smallest absolute Gasteiger partial charge is 0.193 e. The van der Waals surface area contributed by atoms with Crippen molar-refractivity contribution in [3.8, 4) is 5.75 Å². The van der Waals surface area contributed by atoms with Gasteiger partial charge in [-0.05, 0) is 42.5 Å². The van der Waals surface area contributed by atoms with Crippen LogP contribution >= 0.6 is 11.3 Å². The molecular formula is C19H27N3O2S. The fourth-order valence-corrected chi connectivity index (χ4v) is 3.11. The molecule has 0 amide bonds. The molecule has 136 valence electrons. The molecular weight excluding hydrogens is 334 g/mol. The van der Waals surface area contributed by atoms with Gasteiger partial charge in [0.1, 0.15) is 5.75 Å². The Morgan fingerprint density at radius 3 is 2.68 bits per heavy atom. The van der Waals surface area contributed by atoms with Crippen LogP contribution in [0.25, 0.3) is 0 Å². The zero-order chi connectivity index (χ0) is 18.1. The van der Waals surface area contributed by atoms with E-state index in [-0.39, 0.29) is 0 Å². The molecule has 2 rings (SSSR count). The number of rotatable bonds is 8. The van der Waals surface area contributed by atoms with E-state index in [9.17, 15) is 5.11 Å². The highest BCUT2D eigenvalue weighted by molar-refractivity contribution is 7.09. The number of hydrogen-bond donors (Lipinski definition) is 2. The summed E-state index contributed by atoms with van der Waals surface area (Å²) in [6.45, 7) is 4.03. The minimum atomic E-state index is -0.634. The van der Waals surface area contributed by atoms with Gasteiger partial charge in [0.05, 0.1) is 19.8 Å². The molecule has 6 heteroatoms. The maximum atomic E-state index is 10.4. The van der Waals surface area contributed by atoms with E-state index in [0.717, 1.165) is 36.8 Å². The molecule has 0 spiro atoms. The van der Waals surface area contributed by atoms with Crippen molar-refractivity contribution in [2.75, 3.05) is 33.8 Å². The quantitative estimate of drug-likeness (QED) is 0.561. The second kappa shape index (κ2) is 10.1. The number of methoxy groups -OCH3 is 1. The van der Waals surface area contributed by atoms with Gasteiger partial charge in [0, 0.05) is 25.0 Å². The van der Waals surface area contributed by atoms with Crippen LogP contribution in [0, 0.1) is 0 Å². The lowest BCUT2D eigenvalue weighted by atomic mass is 10.1. The Morgan fingerprint density at radius 2 is 2.08 bits per heavy atom. The Balaban J connectivity index is 1.94. The lowest BCUT2D eigenvalue weighted by Gasteiger charge is -2.22. The maximum Gasteiger partial charge on any atom is 0.193 e. The summed E-state index contributed by atoms with van der Waals surface area (Å²) in [5.41, 5.74) is 0.835. The first-order chi connectivity index (χ1) is 12.1. The first-order valence-corrected chi connectivity index (χ1v) is 9.35. The molecule has 5 nitrogen and oxygen atoms in total. The summed E-state index contributed by atoms with van der Waals surface area (Å²) in [6, 6.07) is 11.7. The molecule has 0 bridgehead atoms. The number of guanidine groups is 1. The molecule has 1 unspecified atom stereocenters. The minimum absolute atomic E-state index is 0.317. The van der Waals surface area contributed by atoms with Gasteiger partial charge >= 0.3 is 0 Å². The zero-order valence-electron chi connectivity index (χ0n) is 15.1. The number of aliphatic hydroxyl groups is 1. The Kier molecular flexibility index (Phi) is 7.76. The van der Waals surface area contributed by atoms with Crippen LogP contribution in [0.2, 0.25) is 0 Å². The van der Waals surface area contributed by atoms with E-state index in [0.29, 0.717) is 6.54 Å². The summed E-state index contributed by atoms with van der Waals surface area (Å²) in [7, 11) is 3.65. The lowest BCUT2D eigenvalue weighted by Crippen LogP contribution is -2.40. The van der Waals surface area contributed by atoms with Crippen molar-refractivity contribution >= 4 is 17.3 Å². The van der Waals surface area contributed by atoms with Crippen LogP contribution in [-0.4, -0.2) is 49.8 Å². The molecule has 1 aromatic carbocycles. The number of benzene rings is 1. The summed E-state index contributed by atoms with van der Waals surface area (Å²) in [4.78, 5) is 8.05. The summed E-state index contributed by atoms with van der Waals surface area (Å²) >= 11 is 1.77. The van der Waals surface area contributed by atoms with Crippen molar-refractivity contribution in [3.05, 3.63) is 52.2 Å². The molecule has 0 saturated heterocycles. The second-order valence-corrected chi connectivity index (χ2v) is 6.77. The molecule has 0 fully saturated rings. The van der Waals surface area contributed by atoms with Crippen LogP contribution in [0.3, 0.4) is 0 Å². The molecule has 1 heterocycles. The van der Waals surface area contributed by atoms with Crippen LogP contribution < -0.4 is 10.1 Å². The minimum Gasteiger partial charge on any atom is -0.497 e. The van der Waals surface area contributed by atoms with Crippen LogP contribution in [0.15, 0.2) is 46.8 Å². The third-order valence-electron chi connectivity index (χ3n) is 3.88. The zero-order valence-corrected chi connectivity index (χ0v) is 15.9. The Morgan fingerprint density at radius 1 is 1.32 bits per heavy atom. The monoisotopic (exact) mass is 361 g/mol. The van der Waals surface area contributed by atoms with E-state index < -0.39 is 6.10 Å². The van der Waals surface area contributed by atoms with Crippen molar-refractivity contribution in [1.29, 1.82) is 0 Å². The summed E-state index contributed by atoms with van der Waals surface area (Å²) in [5, 5.41) is 15.8. The molecule has 25 heavy (non-hydrogen) atoms. The van der Waals surface area contributed by atoms with Gasteiger partial charge in [-0.3, -0.25) is 4.99 Å². The van der Waals surface area contributed by atoms with E-state index >= 15 is 0 Å². The van der Waals surface area contributed by atoms with Gasteiger partial charge in [-0.25, -0.2) is 0 Å². The van der Waals surface area contributed by atoms with Crippen molar-refractivity contribution in [3.63, 3.8) is 0 Å². The van der Waals surface area contributed by atoms with Crippen molar-refractivity contribution in [2.24, 2.45) is 4.99 Å². The molecule has 0 saturated carbocycles. The van der Waals surface area contributed by atoms with Gasteiger partial charge in [-0.15, -0.1) is 11.3 Å². The number of ether oxygens (including phenoxy) is 1. The van der Waals surface area contributed by atoms with Gasteiger partial charge in [-0.2, -0.15) is 0 Å². The number of nitrogens with zero attached hydrogens (tertiary/aromatic N) is 2. The van der Waals surface area contributed by atoms with Crippen LogP contribution in [0.5, 0.6) is 5.75 Å². The topological polar surface area (TPSA) is 57.1 Å². The Bertz CT molecular complexity index is 641. The van der Waals surface area contributed by atoms with E-state index in [1.807, 2.05) is 38.2 Å². The number of hydrogen-bond acceptors (Lipinski definition) is 4. The largest absolute Gasteiger partial charge is 0.497 e. The predicted octanol–water partition coefficient (Wildman–Crippen LogP) is 2.93. The SMILES string of the molecule is CCNC(=NCC(O)c1ccc(OC)cc1)N(C)CCc1cccs1. The normalized spacial score (nSPS) is 12.7. The predicted molar refractivity (Wildman–Crippen MR) is 105 cm³/mol. The number of aliphatic hydroxyl groups excluding tert-OH is 1. The highest BCUT2D eigenvalue weighted by atomic mass is 32.1. The van der Waals surface area contributed by atoms with Gasteiger partial charge in [0.25, 0.3) is 0 Å². The maximum absolute atomic E-state index is 10.4. The molecule has 1 atom stereocenters. The first kappa shape index (κ1) is 19.3. The van der Waals surface area contributed by atoms with Crippen LogP contribution in [0.4, 0.5) is 0 Å². The van der Waals surface area contributed by atoms with Crippen LogP contribution in [-0.2, 0) is 6.42 Å². The number of thiophene rings is 1. The molecule has 1 aromatic heterocycles. The molecule has 0 aliphatic rings. The van der Waals surface area contributed by atoms with Crippen molar-refractivity contribution < 1.29 is 9.84 Å². The summed E-state index contributed by atoms with van der Waals surface area (Å²) in [5.74, 6) is 1.59. The fourth-order valence-electron chi connectivity index (χ4n) is 2.41.